The van der Waals surface area contributed by atoms with Crippen LogP contribution in [-0.4, -0.2) is 36.7 Å². The Kier molecular flexibility index (Phi) is 7.48. The van der Waals surface area contributed by atoms with E-state index in [2.05, 4.69) is 9.36 Å². The molecule has 0 aliphatic heterocycles. The first-order valence-corrected chi connectivity index (χ1v) is 10.5. The molecular formula is C8H16N3O4PS3. The van der Waals surface area contributed by atoms with E-state index in [1.54, 1.807) is 18.7 Å². The Morgan fingerprint density at radius 1 is 1.26 bits per heavy atom. The normalized spacial score (nSPS) is 11.6. The van der Waals surface area contributed by atoms with Gasteiger partial charge in [0.2, 0.25) is 5.13 Å². The van der Waals surface area contributed by atoms with Crippen LogP contribution in [0.2, 0.25) is 0 Å². The topological polar surface area (TPSA) is 73.8 Å². The van der Waals surface area contributed by atoms with Gasteiger partial charge in [-0.2, -0.15) is 4.98 Å². The Bertz CT molecular complexity index is 419. The molecule has 0 N–H and O–H groups in total. The standard InChI is InChI=1S/C8H16N3O4PS3/c1-5-13-18-16(12,19-14-6-2)15-7-9-8(11(3)4)17-10-7/h5-6H2,1-4H3. The zero-order valence-electron chi connectivity index (χ0n) is 11.1. The maximum atomic E-state index is 12.4. The second-order valence-electron chi connectivity index (χ2n) is 3.25. The van der Waals surface area contributed by atoms with Crippen molar-refractivity contribution in [2.75, 3.05) is 32.2 Å². The fourth-order valence-electron chi connectivity index (χ4n) is 0.799. The van der Waals surface area contributed by atoms with Crippen LogP contribution in [0.3, 0.4) is 0 Å². The molecule has 0 unspecified atom stereocenters. The second-order valence-corrected chi connectivity index (χ2v) is 10.3. The zero-order chi connectivity index (χ0) is 14.3. The Morgan fingerprint density at radius 2 is 1.84 bits per heavy atom. The molecule has 19 heavy (non-hydrogen) atoms. The van der Waals surface area contributed by atoms with Crippen molar-refractivity contribution in [2.24, 2.45) is 0 Å². The van der Waals surface area contributed by atoms with E-state index in [9.17, 15) is 4.57 Å². The molecule has 0 fully saturated rings. The number of nitrogens with zero attached hydrogens (tertiary/aromatic N) is 3. The summed E-state index contributed by atoms with van der Waals surface area (Å²) in [5.41, 5.74) is 0. The molecule has 0 saturated carbocycles. The van der Waals surface area contributed by atoms with Crippen molar-refractivity contribution in [3.8, 4) is 6.01 Å². The molecular weight excluding hydrogens is 329 g/mol. The van der Waals surface area contributed by atoms with Gasteiger partial charge in [-0.3, -0.25) is 0 Å². The van der Waals surface area contributed by atoms with Crippen molar-refractivity contribution in [3.63, 3.8) is 0 Å². The Morgan fingerprint density at radius 3 is 2.26 bits per heavy atom. The van der Waals surface area contributed by atoms with Gasteiger partial charge in [0.15, 0.2) is 0 Å². The Balaban J connectivity index is 2.72. The summed E-state index contributed by atoms with van der Waals surface area (Å²) in [4.78, 5) is 5.90. The van der Waals surface area contributed by atoms with Crippen molar-refractivity contribution in [1.82, 2.24) is 9.36 Å². The molecule has 0 aliphatic carbocycles. The van der Waals surface area contributed by atoms with E-state index in [1.807, 2.05) is 14.1 Å². The molecule has 0 spiro atoms. The van der Waals surface area contributed by atoms with Gasteiger partial charge in [0.1, 0.15) is 23.3 Å². The third-order valence-corrected chi connectivity index (χ3v) is 7.07. The summed E-state index contributed by atoms with van der Waals surface area (Å²) in [6, 6.07) is 0.0661. The highest BCUT2D eigenvalue weighted by atomic mass is 33.1. The van der Waals surface area contributed by atoms with Gasteiger partial charge in [-0.05, 0) is 13.8 Å². The Labute approximate surface area is 124 Å². The van der Waals surface area contributed by atoms with E-state index < -0.39 is 5.77 Å². The van der Waals surface area contributed by atoms with E-state index in [4.69, 9.17) is 12.9 Å². The fraction of sp³-hybridized carbons (Fsp3) is 0.750. The van der Waals surface area contributed by atoms with Gasteiger partial charge in [-0.25, -0.2) is 4.57 Å². The largest absolute Gasteiger partial charge is 0.414 e. The van der Waals surface area contributed by atoms with Crippen LogP contribution in [-0.2, 0) is 12.9 Å². The van der Waals surface area contributed by atoms with Crippen LogP contribution < -0.4 is 9.42 Å². The molecule has 0 aromatic carbocycles. The van der Waals surface area contributed by atoms with E-state index in [-0.39, 0.29) is 6.01 Å². The molecule has 0 amide bonds. The van der Waals surface area contributed by atoms with Crippen molar-refractivity contribution in [1.29, 1.82) is 0 Å². The molecule has 7 nitrogen and oxygen atoms in total. The highest BCUT2D eigenvalue weighted by molar-refractivity contribution is 8.87. The van der Waals surface area contributed by atoms with Gasteiger partial charge in [0, 0.05) is 25.6 Å². The highest BCUT2D eigenvalue weighted by Gasteiger charge is 2.32. The van der Waals surface area contributed by atoms with Crippen LogP contribution in [0.4, 0.5) is 5.13 Å². The van der Waals surface area contributed by atoms with Gasteiger partial charge < -0.3 is 17.8 Å². The lowest BCUT2D eigenvalue weighted by Gasteiger charge is -2.13. The summed E-state index contributed by atoms with van der Waals surface area (Å²) in [5, 5.41) is 0.671. The van der Waals surface area contributed by atoms with Crippen molar-refractivity contribution in [3.05, 3.63) is 0 Å². The van der Waals surface area contributed by atoms with E-state index in [0.29, 0.717) is 18.3 Å². The molecule has 0 atom stereocenters. The van der Waals surface area contributed by atoms with Crippen LogP contribution >= 0.6 is 40.6 Å². The lowest BCUT2D eigenvalue weighted by Crippen LogP contribution is -2.07. The van der Waals surface area contributed by atoms with Crippen LogP contribution in [0.1, 0.15) is 13.8 Å². The van der Waals surface area contributed by atoms with E-state index in [1.165, 1.54) is 0 Å². The van der Waals surface area contributed by atoms with E-state index in [0.717, 1.165) is 34.9 Å². The summed E-state index contributed by atoms with van der Waals surface area (Å²) in [6.45, 7) is 4.43. The van der Waals surface area contributed by atoms with Gasteiger partial charge >= 0.3 is 11.8 Å². The first-order chi connectivity index (χ1) is 9.00. The second kappa shape index (κ2) is 8.33. The number of hydrogen-bond acceptors (Lipinski definition) is 10. The summed E-state index contributed by atoms with van der Waals surface area (Å²) in [7, 11) is 3.68. The molecule has 1 rings (SSSR count). The predicted molar refractivity (Wildman–Crippen MR) is 80.9 cm³/mol. The zero-order valence-corrected chi connectivity index (χ0v) is 14.4. The molecule has 0 saturated heterocycles. The summed E-state index contributed by atoms with van der Waals surface area (Å²) in [6.07, 6.45) is 0. The van der Waals surface area contributed by atoms with Gasteiger partial charge in [-0.15, -0.1) is 4.37 Å². The summed E-state index contributed by atoms with van der Waals surface area (Å²) < 4.78 is 31.9. The molecule has 0 radical (unpaired) electrons. The SMILES string of the molecule is CCOSP(=O)(Oc1nsc(N(C)C)n1)SOCC. The minimum absolute atomic E-state index is 0.0661. The molecule has 0 bridgehead atoms. The third-order valence-electron chi connectivity index (χ3n) is 1.50. The number of rotatable bonds is 9. The van der Waals surface area contributed by atoms with Crippen LogP contribution in [0.15, 0.2) is 0 Å². The number of anilines is 1. The van der Waals surface area contributed by atoms with Crippen molar-refractivity contribution >= 4 is 45.8 Å². The number of hydrogen-bond donors (Lipinski definition) is 0. The fourth-order valence-corrected chi connectivity index (χ4v) is 5.27. The quantitative estimate of drug-likeness (QED) is 0.494. The van der Waals surface area contributed by atoms with Crippen LogP contribution in [0.25, 0.3) is 0 Å². The van der Waals surface area contributed by atoms with Gasteiger partial charge in [0.25, 0.3) is 0 Å². The molecule has 1 aromatic heterocycles. The van der Waals surface area contributed by atoms with E-state index >= 15 is 0 Å². The lowest BCUT2D eigenvalue weighted by atomic mass is 10.9. The monoisotopic (exact) mass is 345 g/mol. The summed E-state index contributed by atoms with van der Waals surface area (Å²) in [5.74, 6) is -3.24. The predicted octanol–water partition coefficient (Wildman–Crippen LogP) is 3.46. The molecule has 110 valence electrons. The van der Waals surface area contributed by atoms with Gasteiger partial charge in [-0.1, -0.05) is 0 Å². The maximum absolute atomic E-state index is 12.4. The highest BCUT2D eigenvalue weighted by Crippen LogP contribution is 2.69. The average Bonchev–Trinajstić information content (AvgIpc) is 2.82. The number of aromatic nitrogens is 2. The maximum Gasteiger partial charge on any atom is 0.414 e. The Hall–Kier alpha value is 0.01000. The van der Waals surface area contributed by atoms with Crippen molar-refractivity contribution in [2.45, 2.75) is 13.8 Å². The van der Waals surface area contributed by atoms with Gasteiger partial charge in [0.05, 0.1) is 13.2 Å². The molecule has 1 heterocycles. The van der Waals surface area contributed by atoms with Crippen LogP contribution in [0, 0.1) is 0 Å². The minimum Gasteiger partial charge on any atom is -0.391 e. The molecule has 0 aliphatic rings. The first kappa shape index (κ1) is 17.1. The molecule has 1 aromatic rings. The third kappa shape index (κ3) is 5.88. The van der Waals surface area contributed by atoms with Crippen LogP contribution in [0.5, 0.6) is 6.01 Å². The smallest absolute Gasteiger partial charge is 0.391 e. The average molecular weight is 345 g/mol. The summed E-state index contributed by atoms with van der Waals surface area (Å²) >= 11 is 2.68. The first-order valence-electron chi connectivity index (χ1n) is 5.43. The minimum atomic E-state index is -3.24. The lowest BCUT2D eigenvalue weighted by molar-refractivity contribution is 0.397. The van der Waals surface area contributed by atoms with Crippen molar-refractivity contribution < 1.29 is 17.5 Å². The molecule has 11 heteroatoms.